The first-order valence-electron chi connectivity index (χ1n) is 5.64. The summed E-state index contributed by atoms with van der Waals surface area (Å²) >= 11 is 0. The van der Waals surface area contributed by atoms with Gasteiger partial charge in [-0.3, -0.25) is 4.79 Å². The quantitative estimate of drug-likeness (QED) is 0.784. The Balaban J connectivity index is 2.36. The van der Waals surface area contributed by atoms with Crippen molar-refractivity contribution in [2.24, 2.45) is 0 Å². The van der Waals surface area contributed by atoms with Gasteiger partial charge in [0, 0.05) is 6.54 Å². The van der Waals surface area contributed by atoms with Gasteiger partial charge < -0.3 is 10.6 Å². The van der Waals surface area contributed by atoms with E-state index in [1.807, 2.05) is 19.1 Å². The van der Waals surface area contributed by atoms with Gasteiger partial charge in [-0.15, -0.1) is 0 Å². The maximum atomic E-state index is 11.5. The number of aryl methyl sites for hydroxylation is 1. The molecule has 3 nitrogen and oxygen atoms in total. The van der Waals surface area contributed by atoms with Gasteiger partial charge in [-0.1, -0.05) is 24.3 Å². The number of likely N-dealkylation sites (N-methyl/N-ethyl adjacent to an activating group) is 1. The zero-order valence-electron chi connectivity index (χ0n) is 10.2. The van der Waals surface area contributed by atoms with Crippen LogP contribution in [0.15, 0.2) is 24.3 Å². The number of amides is 1. The summed E-state index contributed by atoms with van der Waals surface area (Å²) in [4.78, 5) is 11.5. The molecular weight excluding hydrogens is 200 g/mol. The molecule has 0 aliphatic heterocycles. The molecule has 0 heterocycles. The summed E-state index contributed by atoms with van der Waals surface area (Å²) in [7, 11) is 1.78. The zero-order valence-corrected chi connectivity index (χ0v) is 10.2. The molecule has 0 aromatic heterocycles. The van der Waals surface area contributed by atoms with Gasteiger partial charge in [0.1, 0.15) is 0 Å². The van der Waals surface area contributed by atoms with Gasteiger partial charge >= 0.3 is 0 Å². The number of carbonyl (C=O) groups is 1. The molecule has 0 saturated heterocycles. The van der Waals surface area contributed by atoms with Gasteiger partial charge in [-0.05, 0) is 38.4 Å². The molecular formula is C13H20N2O. The first-order chi connectivity index (χ1) is 7.65. The molecule has 1 aromatic carbocycles. The highest BCUT2D eigenvalue weighted by Crippen LogP contribution is 2.06. The van der Waals surface area contributed by atoms with Crippen LogP contribution in [0, 0.1) is 6.92 Å². The summed E-state index contributed by atoms with van der Waals surface area (Å²) in [6.07, 6.45) is 0.884. The molecule has 1 atom stereocenters. The van der Waals surface area contributed by atoms with Gasteiger partial charge in [0.05, 0.1) is 6.04 Å². The molecule has 1 amide bonds. The van der Waals surface area contributed by atoms with E-state index in [0.29, 0.717) is 6.54 Å². The highest BCUT2D eigenvalue weighted by molar-refractivity contribution is 5.81. The molecule has 0 bridgehead atoms. The van der Waals surface area contributed by atoms with Crippen LogP contribution in [0.25, 0.3) is 0 Å². The average molecular weight is 220 g/mol. The first-order valence-corrected chi connectivity index (χ1v) is 5.64. The fourth-order valence-corrected chi connectivity index (χ4v) is 1.50. The van der Waals surface area contributed by atoms with Crippen molar-refractivity contribution in [3.05, 3.63) is 35.4 Å². The Morgan fingerprint density at radius 3 is 2.69 bits per heavy atom. The summed E-state index contributed by atoms with van der Waals surface area (Å²) in [5, 5.41) is 5.82. The van der Waals surface area contributed by atoms with Crippen LogP contribution < -0.4 is 10.6 Å². The van der Waals surface area contributed by atoms with Crippen LogP contribution >= 0.6 is 0 Å². The van der Waals surface area contributed by atoms with Crippen molar-refractivity contribution in [1.29, 1.82) is 0 Å². The van der Waals surface area contributed by atoms with Crippen molar-refractivity contribution in [3.63, 3.8) is 0 Å². The summed E-state index contributed by atoms with van der Waals surface area (Å²) in [5.41, 5.74) is 2.57. The standard InChI is InChI=1S/C13H20N2O/c1-10-6-4-5-7-12(10)8-9-15-13(16)11(2)14-3/h4-7,11,14H,8-9H2,1-3H3,(H,15,16). The van der Waals surface area contributed by atoms with Crippen molar-refractivity contribution in [2.75, 3.05) is 13.6 Å². The lowest BCUT2D eigenvalue weighted by molar-refractivity contribution is -0.122. The second-order valence-corrected chi connectivity index (χ2v) is 3.98. The van der Waals surface area contributed by atoms with E-state index in [9.17, 15) is 4.79 Å². The fraction of sp³-hybridized carbons (Fsp3) is 0.462. The van der Waals surface area contributed by atoms with E-state index in [2.05, 4.69) is 29.7 Å². The van der Waals surface area contributed by atoms with E-state index in [0.717, 1.165) is 6.42 Å². The Morgan fingerprint density at radius 2 is 2.06 bits per heavy atom. The zero-order chi connectivity index (χ0) is 12.0. The Kier molecular flexibility index (Phi) is 4.99. The smallest absolute Gasteiger partial charge is 0.236 e. The van der Waals surface area contributed by atoms with Crippen molar-refractivity contribution in [1.82, 2.24) is 10.6 Å². The number of hydrogen-bond donors (Lipinski definition) is 2. The molecule has 0 saturated carbocycles. The van der Waals surface area contributed by atoms with Crippen LogP contribution in [0.5, 0.6) is 0 Å². The summed E-state index contributed by atoms with van der Waals surface area (Å²) < 4.78 is 0. The predicted octanol–water partition coefficient (Wildman–Crippen LogP) is 1.26. The van der Waals surface area contributed by atoms with Gasteiger partial charge in [0.2, 0.25) is 5.91 Å². The van der Waals surface area contributed by atoms with Crippen LogP contribution in [-0.2, 0) is 11.2 Å². The number of carbonyl (C=O) groups excluding carboxylic acids is 1. The van der Waals surface area contributed by atoms with Crippen molar-refractivity contribution >= 4 is 5.91 Å². The third-order valence-corrected chi connectivity index (χ3v) is 2.78. The molecule has 0 radical (unpaired) electrons. The third kappa shape index (κ3) is 3.66. The molecule has 0 fully saturated rings. The third-order valence-electron chi connectivity index (χ3n) is 2.78. The summed E-state index contributed by atoms with van der Waals surface area (Å²) in [6.45, 7) is 4.63. The molecule has 3 heteroatoms. The minimum Gasteiger partial charge on any atom is -0.354 e. The second-order valence-electron chi connectivity index (χ2n) is 3.98. The van der Waals surface area contributed by atoms with Gasteiger partial charge in [0.15, 0.2) is 0 Å². The molecule has 0 aliphatic carbocycles. The van der Waals surface area contributed by atoms with Crippen molar-refractivity contribution < 1.29 is 4.79 Å². The molecule has 1 rings (SSSR count). The molecule has 0 spiro atoms. The lowest BCUT2D eigenvalue weighted by Gasteiger charge is -2.11. The largest absolute Gasteiger partial charge is 0.354 e. The predicted molar refractivity (Wildman–Crippen MR) is 66.4 cm³/mol. The topological polar surface area (TPSA) is 41.1 Å². The van der Waals surface area contributed by atoms with Crippen LogP contribution in [0.4, 0.5) is 0 Å². The summed E-state index contributed by atoms with van der Waals surface area (Å²) in [5.74, 6) is 0.0519. The fourth-order valence-electron chi connectivity index (χ4n) is 1.50. The van der Waals surface area contributed by atoms with Gasteiger partial charge in [0.25, 0.3) is 0 Å². The molecule has 88 valence electrons. The number of benzene rings is 1. The van der Waals surface area contributed by atoms with E-state index >= 15 is 0 Å². The van der Waals surface area contributed by atoms with E-state index in [1.165, 1.54) is 11.1 Å². The highest BCUT2D eigenvalue weighted by atomic mass is 16.2. The van der Waals surface area contributed by atoms with Crippen LogP contribution in [-0.4, -0.2) is 25.5 Å². The number of hydrogen-bond acceptors (Lipinski definition) is 2. The van der Waals surface area contributed by atoms with Gasteiger partial charge in [-0.25, -0.2) is 0 Å². The van der Waals surface area contributed by atoms with Gasteiger partial charge in [-0.2, -0.15) is 0 Å². The van der Waals surface area contributed by atoms with Crippen LogP contribution in [0.2, 0.25) is 0 Å². The Bertz CT molecular complexity index is 350. The minimum atomic E-state index is -0.128. The van der Waals surface area contributed by atoms with E-state index in [1.54, 1.807) is 7.05 Å². The van der Waals surface area contributed by atoms with Crippen LogP contribution in [0.3, 0.4) is 0 Å². The van der Waals surface area contributed by atoms with E-state index < -0.39 is 0 Å². The lowest BCUT2D eigenvalue weighted by atomic mass is 10.1. The van der Waals surface area contributed by atoms with E-state index in [-0.39, 0.29) is 11.9 Å². The number of rotatable bonds is 5. The lowest BCUT2D eigenvalue weighted by Crippen LogP contribution is -2.41. The summed E-state index contributed by atoms with van der Waals surface area (Å²) in [6, 6.07) is 8.12. The average Bonchev–Trinajstić information content (AvgIpc) is 2.30. The second kappa shape index (κ2) is 6.28. The molecule has 2 N–H and O–H groups in total. The first kappa shape index (κ1) is 12.7. The van der Waals surface area contributed by atoms with Crippen molar-refractivity contribution in [2.45, 2.75) is 26.3 Å². The molecule has 1 unspecified atom stereocenters. The van der Waals surface area contributed by atoms with E-state index in [4.69, 9.17) is 0 Å². The van der Waals surface area contributed by atoms with Crippen LogP contribution in [0.1, 0.15) is 18.1 Å². The van der Waals surface area contributed by atoms with Crippen molar-refractivity contribution in [3.8, 4) is 0 Å². The maximum absolute atomic E-state index is 11.5. The highest BCUT2D eigenvalue weighted by Gasteiger charge is 2.08. The number of nitrogens with one attached hydrogen (secondary N) is 2. The Hall–Kier alpha value is -1.35. The Labute approximate surface area is 97.2 Å². The SMILES string of the molecule is CNC(C)C(=O)NCCc1ccccc1C. The Morgan fingerprint density at radius 1 is 1.38 bits per heavy atom. The molecule has 1 aromatic rings. The normalized spacial score (nSPS) is 12.2. The molecule has 0 aliphatic rings. The minimum absolute atomic E-state index is 0.0519. The monoisotopic (exact) mass is 220 g/mol. The maximum Gasteiger partial charge on any atom is 0.236 e. The molecule has 16 heavy (non-hydrogen) atoms.